The fourth-order valence-electron chi connectivity index (χ4n) is 2.55. The molecule has 20 heavy (non-hydrogen) atoms. The second kappa shape index (κ2) is 5.78. The van der Waals surface area contributed by atoms with E-state index >= 15 is 0 Å². The third-order valence-corrected chi connectivity index (χ3v) is 4.53. The molecular formula is C13H19N3O3S. The number of likely N-dealkylation sites (tertiary alicyclic amines) is 1. The minimum atomic E-state index is -0.828. The lowest BCUT2D eigenvalue weighted by Crippen LogP contribution is -2.44. The Hall–Kier alpha value is -1.63. The van der Waals surface area contributed by atoms with E-state index in [0.29, 0.717) is 19.5 Å². The molecule has 0 radical (unpaired) electrons. The zero-order chi connectivity index (χ0) is 14.9. The lowest BCUT2D eigenvalue weighted by atomic mass is 10.0. The van der Waals surface area contributed by atoms with Crippen LogP contribution in [0.4, 0.5) is 4.79 Å². The Bertz CT molecular complexity index is 517. The number of aliphatic carboxylic acids is 1. The van der Waals surface area contributed by atoms with Crippen LogP contribution < -0.4 is 0 Å². The van der Waals surface area contributed by atoms with Gasteiger partial charge in [0.05, 0.1) is 23.2 Å². The molecule has 1 aromatic heterocycles. The van der Waals surface area contributed by atoms with Gasteiger partial charge in [-0.2, -0.15) is 0 Å². The van der Waals surface area contributed by atoms with Crippen LogP contribution in [-0.2, 0) is 11.3 Å². The van der Waals surface area contributed by atoms with Crippen molar-refractivity contribution in [3.05, 3.63) is 16.1 Å². The van der Waals surface area contributed by atoms with E-state index in [2.05, 4.69) is 4.98 Å². The highest BCUT2D eigenvalue weighted by atomic mass is 32.1. The van der Waals surface area contributed by atoms with E-state index in [9.17, 15) is 9.59 Å². The molecule has 0 spiro atoms. The molecule has 1 N–H and O–H groups in total. The molecule has 2 atom stereocenters. The monoisotopic (exact) mass is 297 g/mol. The first-order valence-electron chi connectivity index (χ1n) is 6.55. The summed E-state index contributed by atoms with van der Waals surface area (Å²) >= 11 is 1.55. The molecule has 7 heteroatoms. The smallest absolute Gasteiger partial charge is 0.320 e. The van der Waals surface area contributed by atoms with Crippen LogP contribution in [0.25, 0.3) is 0 Å². The first-order valence-corrected chi connectivity index (χ1v) is 7.43. The van der Waals surface area contributed by atoms with Crippen molar-refractivity contribution in [1.82, 2.24) is 14.8 Å². The number of carboxylic acids is 1. The first-order chi connectivity index (χ1) is 9.40. The average molecular weight is 297 g/mol. The Morgan fingerprint density at radius 2 is 2.30 bits per heavy atom. The maximum absolute atomic E-state index is 12.4. The van der Waals surface area contributed by atoms with Gasteiger partial charge in [0.1, 0.15) is 0 Å². The fraction of sp³-hybridized carbons (Fsp3) is 0.615. The lowest BCUT2D eigenvalue weighted by molar-refractivity contribution is -0.142. The summed E-state index contributed by atoms with van der Waals surface area (Å²) in [4.78, 5) is 31.0. The number of rotatable bonds is 3. The van der Waals surface area contributed by atoms with Crippen molar-refractivity contribution in [2.24, 2.45) is 5.92 Å². The van der Waals surface area contributed by atoms with Crippen molar-refractivity contribution in [2.45, 2.75) is 32.9 Å². The SMILES string of the molecule is Cc1nc(CN(C)C(=O)N2CCC(C(=O)O)C2C)cs1. The molecule has 2 heterocycles. The minimum absolute atomic E-state index is 0.132. The third-order valence-electron chi connectivity index (χ3n) is 3.71. The molecule has 0 aliphatic carbocycles. The summed E-state index contributed by atoms with van der Waals surface area (Å²) in [5.41, 5.74) is 0.866. The van der Waals surface area contributed by atoms with Crippen LogP contribution in [0, 0.1) is 12.8 Å². The number of nitrogens with zero attached hydrogens (tertiary/aromatic N) is 3. The maximum Gasteiger partial charge on any atom is 0.320 e. The predicted molar refractivity (Wildman–Crippen MR) is 75.6 cm³/mol. The summed E-state index contributed by atoms with van der Waals surface area (Å²) in [6.07, 6.45) is 0.520. The molecule has 0 saturated carbocycles. The van der Waals surface area contributed by atoms with E-state index in [1.54, 1.807) is 35.1 Å². The van der Waals surface area contributed by atoms with E-state index < -0.39 is 11.9 Å². The van der Waals surface area contributed by atoms with Gasteiger partial charge in [0, 0.05) is 25.0 Å². The van der Waals surface area contributed by atoms with Crippen LogP contribution in [-0.4, -0.2) is 51.5 Å². The molecule has 1 fully saturated rings. The molecule has 2 amide bonds. The second-order valence-corrected chi connectivity index (χ2v) is 6.23. The maximum atomic E-state index is 12.4. The molecule has 1 saturated heterocycles. The average Bonchev–Trinajstić information content (AvgIpc) is 2.94. The standard InChI is InChI=1S/C13H19N3O3S/c1-8-11(12(17)18)4-5-16(8)13(19)15(3)6-10-7-20-9(2)14-10/h7-8,11H,4-6H2,1-3H3,(H,17,18). The molecule has 2 rings (SSSR count). The van der Waals surface area contributed by atoms with Gasteiger partial charge in [-0.05, 0) is 20.3 Å². The lowest BCUT2D eigenvalue weighted by Gasteiger charge is -2.28. The highest BCUT2D eigenvalue weighted by Crippen LogP contribution is 2.25. The Labute approximate surface area is 122 Å². The number of aryl methyl sites for hydroxylation is 1. The molecule has 1 aliphatic rings. The van der Waals surface area contributed by atoms with Gasteiger partial charge in [0.2, 0.25) is 0 Å². The van der Waals surface area contributed by atoms with Gasteiger partial charge in [0.15, 0.2) is 0 Å². The molecule has 6 nitrogen and oxygen atoms in total. The van der Waals surface area contributed by atoms with E-state index in [0.717, 1.165) is 10.7 Å². The zero-order valence-corrected chi connectivity index (χ0v) is 12.7. The van der Waals surface area contributed by atoms with Crippen molar-refractivity contribution in [1.29, 1.82) is 0 Å². The van der Waals surface area contributed by atoms with Crippen LogP contribution in [0.5, 0.6) is 0 Å². The van der Waals surface area contributed by atoms with E-state index in [4.69, 9.17) is 5.11 Å². The molecule has 1 aromatic rings. The Morgan fingerprint density at radius 1 is 1.60 bits per heavy atom. The van der Waals surface area contributed by atoms with Crippen molar-refractivity contribution >= 4 is 23.3 Å². The van der Waals surface area contributed by atoms with Crippen molar-refractivity contribution in [3.8, 4) is 0 Å². The highest BCUT2D eigenvalue weighted by molar-refractivity contribution is 7.09. The van der Waals surface area contributed by atoms with Gasteiger partial charge >= 0.3 is 12.0 Å². The molecule has 2 unspecified atom stereocenters. The number of carbonyl (C=O) groups excluding carboxylic acids is 1. The first kappa shape index (κ1) is 14.8. The number of hydrogen-bond donors (Lipinski definition) is 1. The number of hydrogen-bond acceptors (Lipinski definition) is 4. The van der Waals surface area contributed by atoms with E-state index in [1.165, 1.54) is 0 Å². The molecular weight excluding hydrogens is 278 g/mol. The summed E-state index contributed by atoms with van der Waals surface area (Å²) in [6.45, 7) is 4.67. The predicted octanol–water partition coefficient (Wildman–Crippen LogP) is 1.80. The summed E-state index contributed by atoms with van der Waals surface area (Å²) in [5, 5.41) is 12.0. The summed E-state index contributed by atoms with van der Waals surface area (Å²) in [6, 6.07) is -0.397. The number of aromatic nitrogens is 1. The quantitative estimate of drug-likeness (QED) is 0.923. The molecule has 1 aliphatic heterocycles. The zero-order valence-electron chi connectivity index (χ0n) is 11.9. The number of amides is 2. The third kappa shape index (κ3) is 2.92. The number of thiazole rings is 1. The van der Waals surface area contributed by atoms with E-state index in [-0.39, 0.29) is 12.1 Å². The second-order valence-electron chi connectivity index (χ2n) is 5.16. The topological polar surface area (TPSA) is 73.7 Å². The largest absolute Gasteiger partial charge is 0.481 e. The van der Waals surface area contributed by atoms with Crippen molar-refractivity contribution < 1.29 is 14.7 Å². The highest BCUT2D eigenvalue weighted by Gasteiger charge is 2.39. The summed E-state index contributed by atoms with van der Waals surface area (Å²) < 4.78 is 0. The molecule has 0 bridgehead atoms. The van der Waals surface area contributed by atoms with Crippen molar-refractivity contribution in [2.75, 3.05) is 13.6 Å². The minimum Gasteiger partial charge on any atom is -0.481 e. The normalized spacial score (nSPS) is 22.1. The fourth-order valence-corrected chi connectivity index (χ4v) is 3.15. The Balaban J connectivity index is 1.99. The van der Waals surface area contributed by atoms with Gasteiger partial charge in [-0.1, -0.05) is 0 Å². The number of urea groups is 1. The summed E-state index contributed by atoms with van der Waals surface area (Å²) in [5.74, 6) is -1.29. The Morgan fingerprint density at radius 3 is 2.80 bits per heavy atom. The van der Waals surface area contributed by atoms with Gasteiger partial charge < -0.3 is 14.9 Å². The van der Waals surface area contributed by atoms with Gasteiger partial charge in [0.25, 0.3) is 0 Å². The van der Waals surface area contributed by atoms with Crippen LogP contribution in [0.2, 0.25) is 0 Å². The molecule has 110 valence electrons. The van der Waals surface area contributed by atoms with Gasteiger partial charge in [-0.15, -0.1) is 11.3 Å². The van der Waals surface area contributed by atoms with Gasteiger partial charge in [-0.3, -0.25) is 4.79 Å². The van der Waals surface area contributed by atoms with Crippen molar-refractivity contribution in [3.63, 3.8) is 0 Å². The van der Waals surface area contributed by atoms with Crippen LogP contribution >= 0.6 is 11.3 Å². The number of carboxylic acid groups (broad SMARTS) is 1. The van der Waals surface area contributed by atoms with Crippen LogP contribution in [0.3, 0.4) is 0 Å². The number of carbonyl (C=O) groups is 2. The summed E-state index contributed by atoms with van der Waals surface area (Å²) in [7, 11) is 1.72. The van der Waals surface area contributed by atoms with Gasteiger partial charge in [-0.25, -0.2) is 9.78 Å². The van der Waals surface area contributed by atoms with E-state index in [1.807, 2.05) is 12.3 Å². The van der Waals surface area contributed by atoms with Crippen LogP contribution in [0.15, 0.2) is 5.38 Å². The van der Waals surface area contributed by atoms with Crippen LogP contribution in [0.1, 0.15) is 24.0 Å². The molecule has 0 aromatic carbocycles. The Kier molecular flexibility index (Phi) is 4.27.